The minimum atomic E-state index is -0.690. The molecule has 0 saturated heterocycles. The van der Waals surface area contributed by atoms with Crippen LogP contribution in [-0.4, -0.2) is 29.6 Å². The monoisotopic (exact) mass is 402 g/mol. The van der Waals surface area contributed by atoms with Gasteiger partial charge in [-0.05, 0) is 35.1 Å². The van der Waals surface area contributed by atoms with Gasteiger partial charge in [0.2, 0.25) is 0 Å². The van der Waals surface area contributed by atoms with Crippen LogP contribution in [0.2, 0.25) is 0 Å². The Kier molecular flexibility index (Phi) is 5.24. The first kappa shape index (κ1) is 20.4. The molecule has 0 bridgehead atoms. The Morgan fingerprint density at radius 3 is 2.60 bits per heavy atom. The second kappa shape index (κ2) is 7.73. The van der Waals surface area contributed by atoms with Crippen molar-refractivity contribution in [3.05, 3.63) is 70.9 Å². The Hall–Kier alpha value is -2.92. The van der Waals surface area contributed by atoms with E-state index in [1.807, 2.05) is 12.1 Å². The van der Waals surface area contributed by atoms with E-state index < -0.39 is 5.54 Å². The fraction of sp³-hybridized carbons (Fsp3) is 0.360. The van der Waals surface area contributed by atoms with Crippen molar-refractivity contribution in [2.45, 2.75) is 51.1 Å². The quantitative estimate of drug-likeness (QED) is 0.340. The Bertz CT molecular complexity index is 1070. The lowest BCUT2D eigenvalue weighted by molar-refractivity contribution is -0.113. The summed E-state index contributed by atoms with van der Waals surface area (Å²) in [6.45, 7) is 9.12. The van der Waals surface area contributed by atoms with Gasteiger partial charge in [-0.3, -0.25) is 5.32 Å². The summed E-state index contributed by atoms with van der Waals surface area (Å²) in [4.78, 5) is 15.6. The van der Waals surface area contributed by atoms with Crippen LogP contribution in [0.1, 0.15) is 56.1 Å². The summed E-state index contributed by atoms with van der Waals surface area (Å²) in [5.41, 5.74) is 8.35. The molecule has 0 amide bonds. The third-order valence-corrected chi connectivity index (χ3v) is 5.98. The number of rotatable bonds is 5. The molecule has 4 rings (SSSR count). The van der Waals surface area contributed by atoms with Crippen molar-refractivity contribution >= 4 is 23.4 Å². The maximum Gasteiger partial charge on any atom is 0.142 e. The average molecular weight is 403 g/mol. The predicted octanol–water partition coefficient (Wildman–Crippen LogP) is 4.23. The number of H-pyrrole nitrogens is 1. The number of aromatic nitrogens is 1. The number of aromatic amines is 1. The van der Waals surface area contributed by atoms with E-state index in [1.165, 1.54) is 16.5 Å². The summed E-state index contributed by atoms with van der Waals surface area (Å²) in [6, 6.07) is 16.7. The summed E-state index contributed by atoms with van der Waals surface area (Å²) < 4.78 is 0. The molecule has 0 radical (unpaired) electrons. The molecule has 0 fully saturated rings. The van der Waals surface area contributed by atoms with E-state index in [4.69, 9.17) is 0 Å². The van der Waals surface area contributed by atoms with Gasteiger partial charge >= 0.3 is 0 Å². The van der Waals surface area contributed by atoms with Crippen LogP contribution in [-0.2, 0) is 16.6 Å². The van der Waals surface area contributed by atoms with E-state index in [0.29, 0.717) is 13.0 Å². The molecule has 30 heavy (non-hydrogen) atoms. The van der Waals surface area contributed by atoms with E-state index in [2.05, 4.69) is 84.9 Å². The van der Waals surface area contributed by atoms with E-state index in [-0.39, 0.29) is 11.5 Å². The minimum Gasteiger partial charge on any atom is -0.357 e. The summed E-state index contributed by atoms with van der Waals surface area (Å²) in [5.74, 6) is 0. The number of hydrogen-bond acceptors (Lipinski definition) is 4. The number of carbonyl (C=O) groups excluding carboxylic acids is 1. The number of para-hydroxylation sites is 1. The van der Waals surface area contributed by atoms with Crippen LogP contribution in [0.25, 0.3) is 10.9 Å². The van der Waals surface area contributed by atoms with Crippen molar-refractivity contribution in [3.8, 4) is 0 Å². The number of benzene rings is 2. The van der Waals surface area contributed by atoms with Gasteiger partial charge in [0.1, 0.15) is 6.29 Å². The highest BCUT2D eigenvalue weighted by atomic mass is 16.1. The first-order chi connectivity index (χ1) is 14.3. The molecule has 1 aromatic heterocycles. The van der Waals surface area contributed by atoms with Crippen LogP contribution in [0.3, 0.4) is 0 Å². The van der Waals surface area contributed by atoms with E-state index in [9.17, 15) is 4.79 Å². The highest BCUT2D eigenvalue weighted by Crippen LogP contribution is 2.34. The zero-order valence-corrected chi connectivity index (χ0v) is 18.1. The fourth-order valence-corrected chi connectivity index (χ4v) is 4.26. The second-order valence-electron chi connectivity index (χ2n) is 9.34. The van der Waals surface area contributed by atoms with Crippen LogP contribution in [0.4, 0.5) is 0 Å². The zero-order chi connectivity index (χ0) is 21.4. The molecule has 2 aromatic carbocycles. The standard InChI is InChI=1S/C25H30N4O/c1-17-23-21(20-7-5-6-8-22(20)28-23)13-25(16-30,29-17)15-27-26-14-18-9-11-19(12-10-18)24(2,3)4/h5-12,14,16-17,27-29H,13,15H2,1-4H3/b26-14+/t17-,25+/m0/s1. The number of hydrazone groups is 1. The van der Waals surface area contributed by atoms with Gasteiger partial charge in [0.15, 0.2) is 0 Å². The Labute approximate surface area is 178 Å². The number of fused-ring (bicyclic) bond motifs is 3. The van der Waals surface area contributed by atoms with Gasteiger partial charge in [0.25, 0.3) is 0 Å². The van der Waals surface area contributed by atoms with Crippen molar-refractivity contribution in [1.29, 1.82) is 0 Å². The van der Waals surface area contributed by atoms with Crippen molar-refractivity contribution < 1.29 is 4.79 Å². The molecule has 1 aliphatic heterocycles. The highest BCUT2D eigenvalue weighted by Gasteiger charge is 2.38. The average Bonchev–Trinajstić information content (AvgIpc) is 3.10. The van der Waals surface area contributed by atoms with E-state index in [0.717, 1.165) is 23.1 Å². The van der Waals surface area contributed by atoms with Crippen LogP contribution in [0.5, 0.6) is 0 Å². The lowest BCUT2D eigenvalue weighted by Gasteiger charge is -2.37. The number of hydrogen-bond donors (Lipinski definition) is 3. The molecule has 0 unspecified atom stereocenters. The lowest BCUT2D eigenvalue weighted by atomic mass is 9.84. The predicted molar refractivity (Wildman–Crippen MR) is 123 cm³/mol. The smallest absolute Gasteiger partial charge is 0.142 e. The van der Waals surface area contributed by atoms with Gasteiger partial charge in [0, 0.05) is 29.1 Å². The Morgan fingerprint density at radius 2 is 1.90 bits per heavy atom. The van der Waals surface area contributed by atoms with Gasteiger partial charge < -0.3 is 15.2 Å². The van der Waals surface area contributed by atoms with Gasteiger partial charge in [-0.1, -0.05) is 63.2 Å². The number of aldehydes is 1. The first-order valence-corrected chi connectivity index (χ1v) is 10.5. The summed E-state index contributed by atoms with van der Waals surface area (Å²) >= 11 is 0. The molecule has 156 valence electrons. The van der Waals surface area contributed by atoms with Crippen molar-refractivity contribution in [2.75, 3.05) is 6.54 Å². The topological polar surface area (TPSA) is 69.3 Å². The zero-order valence-electron chi connectivity index (χ0n) is 18.1. The normalized spacial score (nSPS) is 21.7. The number of nitrogens with zero attached hydrogens (tertiary/aromatic N) is 1. The molecule has 3 N–H and O–H groups in total. The molecular formula is C25H30N4O. The molecule has 5 nitrogen and oxygen atoms in total. The van der Waals surface area contributed by atoms with Crippen LogP contribution < -0.4 is 10.7 Å². The molecular weight excluding hydrogens is 372 g/mol. The van der Waals surface area contributed by atoms with Crippen molar-refractivity contribution in [2.24, 2.45) is 5.10 Å². The Balaban J connectivity index is 1.47. The van der Waals surface area contributed by atoms with Crippen molar-refractivity contribution in [3.63, 3.8) is 0 Å². The largest absolute Gasteiger partial charge is 0.357 e. The SMILES string of the molecule is C[C@@H]1N[C@@](C=O)(CN/N=C/c2ccc(C(C)(C)C)cc2)Cc2c1[nH]c1ccccc21. The number of nitrogens with one attached hydrogen (secondary N) is 3. The Morgan fingerprint density at radius 1 is 1.17 bits per heavy atom. The molecule has 0 spiro atoms. The third-order valence-electron chi connectivity index (χ3n) is 5.98. The van der Waals surface area contributed by atoms with Crippen molar-refractivity contribution in [1.82, 2.24) is 15.7 Å². The lowest BCUT2D eigenvalue weighted by Crippen LogP contribution is -2.58. The van der Waals surface area contributed by atoms with Crippen LogP contribution in [0, 0.1) is 0 Å². The molecule has 1 aliphatic rings. The maximum absolute atomic E-state index is 12.1. The van der Waals surface area contributed by atoms with E-state index >= 15 is 0 Å². The maximum atomic E-state index is 12.1. The number of carbonyl (C=O) groups is 1. The molecule has 0 saturated carbocycles. The first-order valence-electron chi connectivity index (χ1n) is 10.5. The molecule has 3 aromatic rings. The summed E-state index contributed by atoms with van der Waals surface area (Å²) in [6.07, 6.45) is 3.45. The van der Waals surface area contributed by atoms with Crippen LogP contribution >= 0.6 is 0 Å². The van der Waals surface area contributed by atoms with Gasteiger partial charge in [-0.15, -0.1) is 0 Å². The van der Waals surface area contributed by atoms with Gasteiger partial charge in [0.05, 0.1) is 18.3 Å². The van der Waals surface area contributed by atoms with Crippen LogP contribution in [0.15, 0.2) is 53.6 Å². The highest BCUT2D eigenvalue weighted by molar-refractivity contribution is 5.86. The fourth-order valence-electron chi connectivity index (χ4n) is 4.26. The van der Waals surface area contributed by atoms with Gasteiger partial charge in [-0.2, -0.15) is 5.10 Å². The molecule has 2 atom stereocenters. The van der Waals surface area contributed by atoms with E-state index in [1.54, 1.807) is 6.21 Å². The molecule has 5 heteroatoms. The summed E-state index contributed by atoms with van der Waals surface area (Å²) in [7, 11) is 0. The van der Waals surface area contributed by atoms with Gasteiger partial charge in [-0.25, -0.2) is 0 Å². The summed E-state index contributed by atoms with van der Waals surface area (Å²) in [5, 5.41) is 9.04. The second-order valence-corrected chi connectivity index (χ2v) is 9.34. The third kappa shape index (κ3) is 3.90. The molecule has 0 aliphatic carbocycles. The minimum absolute atomic E-state index is 0.0575. The molecule has 2 heterocycles.